The van der Waals surface area contributed by atoms with Crippen LogP contribution in [0.3, 0.4) is 0 Å². The molecule has 4 nitrogen and oxygen atoms in total. The van der Waals surface area contributed by atoms with Crippen molar-refractivity contribution in [3.8, 4) is 0 Å². The molecule has 2 heterocycles. The highest BCUT2D eigenvalue weighted by Crippen LogP contribution is 2.32. The fourth-order valence-electron chi connectivity index (χ4n) is 2.54. The third-order valence-electron chi connectivity index (χ3n) is 3.62. The van der Waals surface area contributed by atoms with Gasteiger partial charge in [-0.3, -0.25) is 4.79 Å². The Morgan fingerprint density at radius 2 is 1.95 bits per heavy atom. The molecule has 0 atom stereocenters. The van der Waals surface area contributed by atoms with Gasteiger partial charge < -0.3 is 5.32 Å². The van der Waals surface area contributed by atoms with Crippen LogP contribution in [-0.2, 0) is 27.8 Å². The minimum atomic E-state index is -2.98. The molecule has 0 saturated carbocycles. The van der Waals surface area contributed by atoms with E-state index < -0.39 is 9.84 Å². The van der Waals surface area contributed by atoms with Crippen LogP contribution < -0.4 is 5.32 Å². The van der Waals surface area contributed by atoms with Crippen LogP contribution in [0.1, 0.15) is 32.1 Å². The molecule has 0 unspecified atom stereocenters. The third kappa shape index (κ3) is 3.56. The Morgan fingerprint density at radius 3 is 2.68 bits per heavy atom. The number of aryl methyl sites for hydroxylation is 1. The minimum Gasteiger partial charge on any atom is -0.351 e. The van der Waals surface area contributed by atoms with Crippen LogP contribution in [0.5, 0.6) is 0 Å². The lowest BCUT2D eigenvalue weighted by Gasteiger charge is -2.04. The van der Waals surface area contributed by atoms with E-state index in [1.165, 1.54) is 16.9 Å². The number of benzene rings is 1. The van der Waals surface area contributed by atoms with Crippen molar-refractivity contribution in [2.75, 3.05) is 6.54 Å². The lowest BCUT2D eigenvalue weighted by molar-refractivity contribution is 0.0957. The number of amides is 1. The summed E-state index contributed by atoms with van der Waals surface area (Å²) in [5.74, 6) is 0.0406. The molecule has 1 aliphatic heterocycles. The van der Waals surface area contributed by atoms with Gasteiger partial charge in [0.1, 0.15) is 0 Å². The molecule has 1 aromatic carbocycles. The molecule has 1 aromatic heterocycles. The Bertz CT molecular complexity index is 749. The summed E-state index contributed by atoms with van der Waals surface area (Å²) in [5, 5.41) is 2.90. The second kappa shape index (κ2) is 6.22. The molecule has 0 bridgehead atoms. The highest BCUT2D eigenvalue weighted by Gasteiger charge is 2.28. The first-order chi connectivity index (χ1) is 10.5. The SMILES string of the molecule is O=C(NCCCc1ccccc1)c1cc2c(s1)CS(=O)(=O)C2. The van der Waals surface area contributed by atoms with Gasteiger partial charge in [-0.2, -0.15) is 0 Å². The zero-order chi connectivity index (χ0) is 15.6. The molecule has 116 valence electrons. The lowest BCUT2D eigenvalue weighted by atomic mass is 10.1. The standard InChI is InChI=1S/C16H17NO3S2/c18-16(17-8-4-7-12-5-2-1-3-6-12)14-9-13-10-22(19,20)11-15(13)21-14/h1-3,5-6,9H,4,7-8,10-11H2,(H,17,18). The van der Waals surface area contributed by atoms with E-state index in [1.54, 1.807) is 6.07 Å². The first-order valence-electron chi connectivity index (χ1n) is 7.18. The number of sulfone groups is 1. The molecule has 22 heavy (non-hydrogen) atoms. The van der Waals surface area contributed by atoms with E-state index in [-0.39, 0.29) is 17.4 Å². The molecule has 1 N–H and O–H groups in total. The van der Waals surface area contributed by atoms with E-state index in [2.05, 4.69) is 17.4 Å². The summed E-state index contributed by atoms with van der Waals surface area (Å²) in [6.07, 6.45) is 1.82. The summed E-state index contributed by atoms with van der Waals surface area (Å²) < 4.78 is 23.0. The fraction of sp³-hybridized carbons (Fsp3) is 0.312. The summed E-state index contributed by atoms with van der Waals surface area (Å²) in [5.41, 5.74) is 2.05. The summed E-state index contributed by atoms with van der Waals surface area (Å²) in [6, 6.07) is 11.9. The van der Waals surface area contributed by atoms with Crippen molar-refractivity contribution in [1.82, 2.24) is 5.32 Å². The number of fused-ring (bicyclic) bond motifs is 1. The summed E-state index contributed by atoms with van der Waals surface area (Å²) >= 11 is 1.30. The topological polar surface area (TPSA) is 63.2 Å². The van der Waals surface area contributed by atoms with Crippen LogP contribution in [0.2, 0.25) is 0 Å². The van der Waals surface area contributed by atoms with Gasteiger partial charge in [0.2, 0.25) is 0 Å². The number of hydrogen-bond acceptors (Lipinski definition) is 4. The Kier molecular flexibility index (Phi) is 4.31. The van der Waals surface area contributed by atoms with Gasteiger partial charge in [-0.1, -0.05) is 30.3 Å². The van der Waals surface area contributed by atoms with E-state index in [9.17, 15) is 13.2 Å². The second-order valence-electron chi connectivity index (χ2n) is 5.44. The van der Waals surface area contributed by atoms with E-state index in [0.717, 1.165) is 23.3 Å². The number of carbonyl (C=O) groups excluding carboxylic acids is 1. The highest BCUT2D eigenvalue weighted by atomic mass is 32.2. The molecule has 0 fully saturated rings. The van der Waals surface area contributed by atoms with Crippen LogP contribution >= 0.6 is 11.3 Å². The maximum atomic E-state index is 12.1. The number of thiophene rings is 1. The average Bonchev–Trinajstić information content (AvgIpc) is 2.98. The molecule has 6 heteroatoms. The third-order valence-corrected chi connectivity index (χ3v) is 6.46. The van der Waals surface area contributed by atoms with Gasteiger partial charge in [0.15, 0.2) is 9.84 Å². The van der Waals surface area contributed by atoms with Gasteiger partial charge in [0.25, 0.3) is 5.91 Å². The van der Waals surface area contributed by atoms with Crippen LogP contribution in [-0.4, -0.2) is 20.9 Å². The first-order valence-corrected chi connectivity index (χ1v) is 9.81. The van der Waals surface area contributed by atoms with E-state index in [0.29, 0.717) is 11.4 Å². The Labute approximate surface area is 134 Å². The van der Waals surface area contributed by atoms with Gasteiger partial charge in [0, 0.05) is 11.4 Å². The molecule has 0 aliphatic carbocycles. The molecule has 1 amide bonds. The zero-order valence-corrected chi connectivity index (χ0v) is 13.7. The van der Waals surface area contributed by atoms with Gasteiger partial charge in [0.05, 0.1) is 16.4 Å². The van der Waals surface area contributed by atoms with Gasteiger partial charge >= 0.3 is 0 Å². The smallest absolute Gasteiger partial charge is 0.261 e. The number of nitrogens with one attached hydrogen (secondary N) is 1. The van der Waals surface area contributed by atoms with Crippen molar-refractivity contribution in [2.45, 2.75) is 24.3 Å². The molecule has 3 rings (SSSR count). The number of carbonyl (C=O) groups is 1. The van der Waals surface area contributed by atoms with Crippen molar-refractivity contribution in [3.05, 3.63) is 57.3 Å². The molecule has 0 radical (unpaired) electrons. The molecular formula is C16H17NO3S2. The second-order valence-corrected chi connectivity index (χ2v) is 8.64. The van der Waals surface area contributed by atoms with Crippen molar-refractivity contribution < 1.29 is 13.2 Å². The quantitative estimate of drug-likeness (QED) is 0.854. The Balaban J connectivity index is 1.49. The maximum absolute atomic E-state index is 12.1. The number of rotatable bonds is 5. The van der Waals surface area contributed by atoms with Crippen molar-refractivity contribution in [1.29, 1.82) is 0 Å². The van der Waals surface area contributed by atoms with Crippen molar-refractivity contribution in [3.63, 3.8) is 0 Å². The summed E-state index contributed by atoms with van der Waals surface area (Å²) in [6.45, 7) is 0.620. The van der Waals surface area contributed by atoms with Crippen LogP contribution in [0.15, 0.2) is 36.4 Å². The lowest BCUT2D eigenvalue weighted by Crippen LogP contribution is -2.23. The first kappa shape index (κ1) is 15.2. The minimum absolute atomic E-state index is 0.0696. The largest absolute Gasteiger partial charge is 0.351 e. The van der Waals surface area contributed by atoms with Crippen LogP contribution in [0.25, 0.3) is 0 Å². The van der Waals surface area contributed by atoms with Crippen molar-refractivity contribution >= 4 is 27.1 Å². The highest BCUT2D eigenvalue weighted by molar-refractivity contribution is 7.90. The zero-order valence-electron chi connectivity index (χ0n) is 12.0. The normalized spacial score (nSPS) is 15.5. The maximum Gasteiger partial charge on any atom is 0.261 e. The predicted octanol–water partition coefficient (Wildman–Crippen LogP) is 2.54. The van der Waals surface area contributed by atoms with Crippen molar-refractivity contribution in [2.24, 2.45) is 0 Å². The summed E-state index contributed by atoms with van der Waals surface area (Å²) in [4.78, 5) is 13.5. The van der Waals surface area contributed by atoms with Gasteiger partial charge in [-0.05, 0) is 30.0 Å². The van der Waals surface area contributed by atoms with E-state index in [1.807, 2.05) is 18.2 Å². The van der Waals surface area contributed by atoms with Gasteiger partial charge in [-0.15, -0.1) is 11.3 Å². The molecule has 0 saturated heterocycles. The molecule has 0 spiro atoms. The van der Waals surface area contributed by atoms with Gasteiger partial charge in [-0.25, -0.2) is 8.42 Å². The van der Waals surface area contributed by atoms with E-state index in [4.69, 9.17) is 0 Å². The van der Waals surface area contributed by atoms with Crippen LogP contribution in [0, 0.1) is 0 Å². The van der Waals surface area contributed by atoms with Crippen LogP contribution in [0.4, 0.5) is 0 Å². The predicted molar refractivity (Wildman–Crippen MR) is 87.7 cm³/mol. The monoisotopic (exact) mass is 335 g/mol. The molecule has 1 aliphatic rings. The Hall–Kier alpha value is -1.66. The van der Waals surface area contributed by atoms with E-state index >= 15 is 0 Å². The molecule has 2 aromatic rings. The molecular weight excluding hydrogens is 318 g/mol. The Morgan fingerprint density at radius 1 is 1.18 bits per heavy atom. The average molecular weight is 335 g/mol. The summed E-state index contributed by atoms with van der Waals surface area (Å²) in [7, 11) is -2.98. The fourth-order valence-corrected chi connectivity index (χ4v) is 5.71. The number of hydrogen-bond donors (Lipinski definition) is 1.